The molecule has 1 aliphatic rings. The molecule has 0 radical (unpaired) electrons. The largest absolute Gasteiger partial charge is 0.478 e. The summed E-state index contributed by atoms with van der Waals surface area (Å²) in [7, 11) is 0. The zero-order valence-corrected chi connectivity index (χ0v) is 18.5. The monoisotopic (exact) mass is 461 g/mol. The van der Waals surface area contributed by atoms with Crippen LogP contribution in [-0.4, -0.2) is 28.6 Å². The second kappa shape index (κ2) is 10.8. The van der Waals surface area contributed by atoms with E-state index in [1.807, 2.05) is 0 Å². The normalized spacial score (nSPS) is 15.7. The molecule has 2 aromatic rings. The summed E-state index contributed by atoms with van der Waals surface area (Å²) in [4.78, 5) is 25.5. The van der Waals surface area contributed by atoms with Crippen molar-refractivity contribution < 1.29 is 19.8 Å². The number of halogens is 2. The molecule has 3 rings (SSSR count). The van der Waals surface area contributed by atoms with Crippen molar-refractivity contribution >= 4 is 40.8 Å². The molecule has 164 valence electrons. The number of rotatable bonds is 7. The van der Waals surface area contributed by atoms with Crippen molar-refractivity contribution in [3.63, 3.8) is 0 Å². The summed E-state index contributed by atoms with van der Waals surface area (Å²) in [6, 6.07) is 11.9. The van der Waals surface area contributed by atoms with Gasteiger partial charge in [-0.3, -0.25) is 4.79 Å². The van der Waals surface area contributed by atoms with Crippen molar-refractivity contribution in [2.75, 3.05) is 11.4 Å². The van der Waals surface area contributed by atoms with Gasteiger partial charge in [-0.2, -0.15) is 0 Å². The van der Waals surface area contributed by atoms with Crippen molar-refractivity contribution in [1.82, 2.24) is 0 Å². The fourth-order valence-electron chi connectivity index (χ4n) is 4.02. The van der Waals surface area contributed by atoms with E-state index in [0.717, 1.165) is 37.8 Å². The van der Waals surface area contributed by atoms with Gasteiger partial charge in [0.25, 0.3) is 5.91 Å². The van der Waals surface area contributed by atoms with Gasteiger partial charge in [-0.1, -0.05) is 60.7 Å². The number of aliphatic hydroxyl groups is 1. The summed E-state index contributed by atoms with van der Waals surface area (Å²) in [6.45, 7) is 0.437. The molecule has 1 atom stereocenters. The summed E-state index contributed by atoms with van der Waals surface area (Å²) in [5.74, 6) is -1.35. The fourth-order valence-corrected chi connectivity index (χ4v) is 4.44. The third kappa shape index (κ3) is 6.10. The van der Waals surface area contributed by atoms with Crippen molar-refractivity contribution in [2.45, 2.75) is 38.2 Å². The quantitative estimate of drug-likeness (QED) is 0.523. The molecule has 7 heteroatoms. The first-order valence-electron chi connectivity index (χ1n) is 10.3. The molecule has 2 N–H and O–H groups in total. The average Bonchev–Trinajstić information content (AvgIpc) is 2.76. The lowest BCUT2D eigenvalue weighted by Gasteiger charge is -2.31. The number of carboxylic acids is 1. The van der Waals surface area contributed by atoms with Crippen LogP contribution >= 0.6 is 23.2 Å². The lowest BCUT2D eigenvalue weighted by Crippen LogP contribution is -2.36. The van der Waals surface area contributed by atoms with Crippen molar-refractivity contribution in [3.05, 3.63) is 75.8 Å². The molecule has 2 aromatic carbocycles. The number of hydrogen-bond donors (Lipinski definition) is 2. The van der Waals surface area contributed by atoms with Crippen LogP contribution < -0.4 is 4.90 Å². The first kappa shape index (κ1) is 23.3. The molecule has 0 heterocycles. The third-order valence-corrected chi connectivity index (χ3v) is 6.15. The summed E-state index contributed by atoms with van der Waals surface area (Å²) in [6.07, 6.45) is 6.17. The highest BCUT2D eigenvalue weighted by Crippen LogP contribution is 2.37. The molecule has 5 nitrogen and oxygen atoms in total. The second-order valence-corrected chi connectivity index (χ2v) is 8.60. The van der Waals surface area contributed by atoms with Crippen LogP contribution in [0.3, 0.4) is 0 Å². The molecule has 1 aliphatic carbocycles. The van der Waals surface area contributed by atoms with Crippen LogP contribution in [0.25, 0.3) is 0 Å². The van der Waals surface area contributed by atoms with Gasteiger partial charge in [-0.25, -0.2) is 4.79 Å². The Labute approximate surface area is 191 Å². The number of carboxylic acid groups (broad SMARTS) is 1. The Morgan fingerprint density at radius 1 is 1.03 bits per heavy atom. The van der Waals surface area contributed by atoms with Crippen molar-refractivity contribution in [3.8, 4) is 0 Å². The van der Waals surface area contributed by atoms with E-state index in [9.17, 15) is 14.7 Å². The van der Waals surface area contributed by atoms with Crippen LogP contribution in [0.5, 0.6) is 0 Å². The van der Waals surface area contributed by atoms with E-state index in [1.165, 1.54) is 6.42 Å². The lowest BCUT2D eigenvalue weighted by atomic mass is 9.88. The van der Waals surface area contributed by atoms with Crippen LogP contribution in [0.2, 0.25) is 10.0 Å². The van der Waals surface area contributed by atoms with Gasteiger partial charge in [-0.05, 0) is 43.0 Å². The number of carbonyl (C=O) groups is 2. The van der Waals surface area contributed by atoms with E-state index >= 15 is 0 Å². The van der Waals surface area contributed by atoms with E-state index in [2.05, 4.69) is 0 Å². The number of aliphatic carboxylic acids is 1. The molecule has 1 amide bonds. The molecule has 1 saturated carbocycles. The summed E-state index contributed by atoms with van der Waals surface area (Å²) >= 11 is 12.5. The van der Waals surface area contributed by atoms with Crippen molar-refractivity contribution in [1.29, 1.82) is 0 Å². The van der Waals surface area contributed by atoms with Crippen LogP contribution in [0, 0.1) is 5.92 Å². The zero-order valence-electron chi connectivity index (χ0n) is 17.0. The molecular formula is C24H25Cl2NO4. The Morgan fingerprint density at radius 3 is 2.42 bits per heavy atom. The van der Waals surface area contributed by atoms with E-state index in [0.29, 0.717) is 39.3 Å². The van der Waals surface area contributed by atoms with Crippen LogP contribution in [0.1, 0.15) is 49.3 Å². The minimum absolute atomic E-state index is 0.303. The topological polar surface area (TPSA) is 77.8 Å². The van der Waals surface area contributed by atoms with Crippen LogP contribution in [-0.2, 0) is 9.59 Å². The summed E-state index contributed by atoms with van der Waals surface area (Å²) in [5.41, 5.74) is 1.43. The number of amides is 1. The Hall–Kier alpha value is -2.34. The highest BCUT2D eigenvalue weighted by molar-refractivity contribution is 6.31. The van der Waals surface area contributed by atoms with Gasteiger partial charge in [0.15, 0.2) is 0 Å². The Bertz CT molecular complexity index is 970. The molecule has 0 aromatic heterocycles. The Balaban J connectivity index is 2.04. The van der Waals surface area contributed by atoms with Gasteiger partial charge >= 0.3 is 5.97 Å². The van der Waals surface area contributed by atoms with Gasteiger partial charge in [0.05, 0.1) is 5.69 Å². The minimum Gasteiger partial charge on any atom is -0.478 e. The first-order chi connectivity index (χ1) is 14.9. The predicted octanol–water partition coefficient (Wildman–Crippen LogP) is 5.63. The molecule has 1 unspecified atom stereocenters. The van der Waals surface area contributed by atoms with E-state index < -0.39 is 18.0 Å². The predicted molar refractivity (Wildman–Crippen MR) is 123 cm³/mol. The third-order valence-electron chi connectivity index (χ3n) is 5.57. The lowest BCUT2D eigenvalue weighted by molar-refractivity contribution is -0.131. The number of carbonyl (C=O) groups excluding carboxylic acids is 1. The molecule has 0 spiro atoms. The van der Waals surface area contributed by atoms with Gasteiger partial charge in [0.1, 0.15) is 6.10 Å². The van der Waals surface area contributed by atoms with Gasteiger partial charge in [-0.15, -0.1) is 0 Å². The summed E-state index contributed by atoms with van der Waals surface area (Å²) in [5, 5.41) is 20.9. The Morgan fingerprint density at radius 2 is 1.74 bits per heavy atom. The second-order valence-electron chi connectivity index (χ2n) is 7.75. The number of benzene rings is 2. The maximum absolute atomic E-state index is 13.0. The molecule has 1 fully saturated rings. The van der Waals surface area contributed by atoms with Gasteiger partial charge in [0.2, 0.25) is 0 Å². The van der Waals surface area contributed by atoms with E-state index in [1.54, 1.807) is 47.4 Å². The zero-order chi connectivity index (χ0) is 22.4. The number of aliphatic hydroxyl groups excluding tert-OH is 1. The van der Waals surface area contributed by atoms with Crippen molar-refractivity contribution in [2.24, 2.45) is 5.92 Å². The molecule has 0 bridgehead atoms. The standard InChI is InChI=1S/C24H25Cl2NO4/c25-17-10-11-21(19(14-17)24(31)18-8-4-5-9-20(18)26)27(22(28)12-13-23(29)30)15-16-6-2-1-3-7-16/h4-5,8-14,16,24,31H,1-3,6-7,15H2,(H,29,30). The number of nitrogens with zero attached hydrogens (tertiary/aromatic N) is 1. The van der Waals surface area contributed by atoms with E-state index in [-0.39, 0.29) is 0 Å². The summed E-state index contributed by atoms with van der Waals surface area (Å²) < 4.78 is 0. The highest BCUT2D eigenvalue weighted by atomic mass is 35.5. The molecule has 31 heavy (non-hydrogen) atoms. The average molecular weight is 462 g/mol. The van der Waals surface area contributed by atoms with Crippen LogP contribution in [0.15, 0.2) is 54.6 Å². The van der Waals surface area contributed by atoms with E-state index in [4.69, 9.17) is 28.3 Å². The first-order valence-corrected chi connectivity index (χ1v) is 11.1. The van der Waals surface area contributed by atoms with Gasteiger partial charge in [0, 0.05) is 39.9 Å². The molecular weight excluding hydrogens is 437 g/mol. The SMILES string of the molecule is O=C(O)C=CC(=O)N(CC1CCCCC1)c1ccc(Cl)cc1C(O)c1ccccc1Cl. The highest BCUT2D eigenvalue weighted by Gasteiger charge is 2.26. The van der Waals surface area contributed by atoms with Gasteiger partial charge < -0.3 is 15.1 Å². The maximum Gasteiger partial charge on any atom is 0.328 e. The fraction of sp³-hybridized carbons (Fsp3) is 0.333. The molecule has 0 saturated heterocycles. The number of hydrogen-bond acceptors (Lipinski definition) is 3. The smallest absolute Gasteiger partial charge is 0.328 e. The van der Waals surface area contributed by atoms with Crippen LogP contribution in [0.4, 0.5) is 5.69 Å². The minimum atomic E-state index is -1.20. The number of anilines is 1. The molecule has 0 aliphatic heterocycles. The Kier molecular flexibility index (Phi) is 8.13. The maximum atomic E-state index is 13.0.